The molecule has 0 aliphatic heterocycles. The maximum atomic E-state index is 14.0. The van der Waals surface area contributed by atoms with Crippen LogP contribution >= 0.6 is 15.9 Å². The third kappa shape index (κ3) is 3.51. The predicted octanol–water partition coefficient (Wildman–Crippen LogP) is 3.89. The van der Waals surface area contributed by atoms with Crippen molar-refractivity contribution in [3.05, 3.63) is 58.6 Å². The number of amides is 1. The van der Waals surface area contributed by atoms with E-state index < -0.39 is 5.82 Å². The van der Waals surface area contributed by atoms with E-state index in [1.807, 2.05) is 19.1 Å². The van der Waals surface area contributed by atoms with E-state index in [0.717, 1.165) is 10.0 Å². The highest BCUT2D eigenvalue weighted by Crippen LogP contribution is 2.22. The van der Waals surface area contributed by atoms with E-state index in [0.29, 0.717) is 17.0 Å². The molecule has 24 heavy (non-hydrogen) atoms. The molecule has 0 unspecified atom stereocenters. The lowest BCUT2D eigenvalue weighted by molar-refractivity contribution is -0.114. The van der Waals surface area contributed by atoms with Gasteiger partial charge in [-0.25, -0.2) is 14.4 Å². The summed E-state index contributed by atoms with van der Waals surface area (Å²) in [5.74, 6) is -0.389. The van der Waals surface area contributed by atoms with E-state index in [-0.39, 0.29) is 17.8 Å². The Morgan fingerprint density at radius 3 is 2.88 bits per heavy atom. The van der Waals surface area contributed by atoms with E-state index in [1.165, 1.54) is 12.4 Å². The smallest absolute Gasteiger partial charge is 0.243 e. The second kappa shape index (κ2) is 6.92. The van der Waals surface area contributed by atoms with Gasteiger partial charge in [-0.2, -0.15) is 0 Å². The first-order valence-corrected chi connectivity index (χ1v) is 8.03. The standard InChI is InChI=1S/C17H14BrFN4O/c1-10-7-11(5-6-12(10)18)23-15(24)8-20-17-16-13(19)3-2-4-14(16)21-9-22-17/h2-7,9H,8H2,1H3,(H,23,24)(H,20,21,22). The van der Waals surface area contributed by atoms with Crippen LogP contribution in [0.25, 0.3) is 10.9 Å². The molecule has 122 valence electrons. The fourth-order valence-corrected chi connectivity index (χ4v) is 2.54. The van der Waals surface area contributed by atoms with Gasteiger partial charge in [-0.15, -0.1) is 0 Å². The summed E-state index contributed by atoms with van der Waals surface area (Å²) >= 11 is 3.41. The van der Waals surface area contributed by atoms with Crippen LogP contribution in [0.3, 0.4) is 0 Å². The lowest BCUT2D eigenvalue weighted by atomic mass is 10.2. The van der Waals surface area contributed by atoms with Gasteiger partial charge >= 0.3 is 0 Å². The van der Waals surface area contributed by atoms with Crippen molar-refractivity contribution in [2.45, 2.75) is 6.92 Å². The van der Waals surface area contributed by atoms with E-state index >= 15 is 0 Å². The number of fused-ring (bicyclic) bond motifs is 1. The number of rotatable bonds is 4. The number of anilines is 2. The van der Waals surface area contributed by atoms with E-state index in [1.54, 1.807) is 18.2 Å². The number of carbonyl (C=O) groups excluding carboxylic acids is 1. The number of hydrogen-bond donors (Lipinski definition) is 2. The van der Waals surface area contributed by atoms with Crippen LogP contribution < -0.4 is 10.6 Å². The van der Waals surface area contributed by atoms with Crippen LogP contribution in [0.15, 0.2) is 47.2 Å². The number of aromatic nitrogens is 2. The number of nitrogens with zero attached hydrogens (tertiary/aromatic N) is 2. The Morgan fingerprint density at radius 2 is 2.08 bits per heavy atom. The lowest BCUT2D eigenvalue weighted by Crippen LogP contribution is -2.22. The minimum absolute atomic E-state index is 0.0322. The summed E-state index contributed by atoms with van der Waals surface area (Å²) in [7, 11) is 0. The third-order valence-corrected chi connectivity index (χ3v) is 4.36. The molecule has 3 aromatic rings. The first-order valence-electron chi connectivity index (χ1n) is 7.23. The largest absolute Gasteiger partial charge is 0.360 e. The van der Waals surface area contributed by atoms with Gasteiger partial charge in [0.2, 0.25) is 5.91 Å². The van der Waals surface area contributed by atoms with E-state index in [2.05, 4.69) is 36.5 Å². The Bertz CT molecular complexity index is 911. The minimum Gasteiger partial charge on any atom is -0.360 e. The molecule has 2 aromatic carbocycles. The summed E-state index contributed by atoms with van der Waals surface area (Å²) in [4.78, 5) is 20.1. The van der Waals surface area contributed by atoms with Crippen LogP contribution in [0.2, 0.25) is 0 Å². The molecule has 1 aromatic heterocycles. The molecule has 0 saturated carbocycles. The Kier molecular flexibility index (Phi) is 4.71. The number of nitrogens with one attached hydrogen (secondary N) is 2. The van der Waals surface area contributed by atoms with Crippen molar-refractivity contribution < 1.29 is 9.18 Å². The van der Waals surface area contributed by atoms with Crippen LogP contribution in [0.4, 0.5) is 15.9 Å². The molecule has 0 fully saturated rings. The number of carbonyl (C=O) groups is 1. The first-order chi connectivity index (χ1) is 11.5. The van der Waals surface area contributed by atoms with Crippen LogP contribution in [-0.2, 0) is 4.79 Å². The number of hydrogen-bond acceptors (Lipinski definition) is 4. The highest BCUT2D eigenvalue weighted by atomic mass is 79.9. The zero-order valence-corrected chi connectivity index (χ0v) is 14.4. The lowest BCUT2D eigenvalue weighted by Gasteiger charge is -2.10. The molecule has 0 saturated heterocycles. The minimum atomic E-state index is -0.431. The topological polar surface area (TPSA) is 66.9 Å². The Balaban J connectivity index is 1.71. The normalized spacial score (nSPS) is 10.6. The van der Waals surface area contributed by atoms with Crippen LogP contribution in [0.5, 0.6) is 0 Å². The van der Waals surface area contributed by atoms with E-state index in [9.17, 15) is 9.18 Å². The summed E-state index contributed by atoms with van der Waals surface area (Å²) in [5.41, 5.74) is 2.20. The zero-order chi connectivity index (χ0) is 17.1. The number of benzene rings is 2. The molecule has 0 atom stereocenters. The van der Waals surface area contributed by atoms with Crippen LogP contribution in [-0.4, -0.2) is 22.4 Å². The van der Waals surface area contributed by atoms with Gasteiger partial charge in [-0.3, -0.25) is 4.79 Å². The number of aryl methyl sites for hydroxylation is 1. The summed E-state index contributed by atoms with van der Waals surface area (Å²) in [6.07, 6.45) is 1.33. The molecular weight excluding hydrogens is 375 g/mol. The molecule has 0 radical (unpaired) electrons. The van der Waals surface area contributed by atoms with E-state index in [4.69, 9.17) is 0 Å². The van der Waals surface area contributed by atoms with Crippen molar-refractivity contribution in [2.75, 3.05) is 17.2 Å². The Morgan fingerprint density at radius 1 is 1.25 bits per heavy atom. The van der Waals surface area contributed by atoms with Gasteiger partial charge in [0.1, 0.15) is 18.0 Å². The molecule has 1 heterocycles. The maximum Gasteiger partial charge on any atom is 0.243 e. The molecule has 0 bridgehead atoms. The molecule has 0 aliphatic carbocycles. The third-order valence-electron chi connectivity index (χ3n) is 3.47. The molecule has 7 heteroatoms. The molecular formula is C17H14BrFN4O. The molecule has 5 nitrogen and oxygen atoms in total. The molecule has 3 rings (SSSR count). The molecule has 2 N–H and O–H groups in total. The van der Waals surface area contributed by atoms with Gasteiger partial charge in [-0.1, -0.05) is 22.0 Å². The summed E-state index contributed by atoms with van der Waals surface area (Å²) in [5, 5.41) is 5.92. The van der Waals surface area contributed by atoms with Gasteiger partial charge in [-0.05, 0) is 42.8 Å². The van der Waals surface area contributed by atoms with Crippen molar-refractivity contribution >= 4 is 44.2 Å². The fourth-order valence-electron chi connectivity index (χ4n) is 2.29. The second-order valence-corrected chi connectivity index (χ2v) is 6.08. The van der Waals surface area contributed by atoms with Crippen molar-refractivity contribution in [1.82, 2.24) is 9.97 Å². The fraction of sp³-hybridized carbons (Fsp3) is 0.118. The van der Waals surface area contributed by atoms with Crippen molar-refractivity contribution in [1.29, 1.82) is 0 Å². The van der Waals surface area contributed by atoms with Gasteiger partial charge in [0, 0.05) is 10.2 Å². The second-order valence-electron chi connectivity index (χ2n) is 5.22. The highest BCUT2D eigenvalue weighted by Gasteiger charge is 2.10. The first kappa shape index (κ1) is 16.3. The maximum absolute atomic E-state index is 14.0. The highest BCUT2D eigenvalue weighted by molar-refractivity contribution is 9.10. The average Bonchev–Trinajstić information content (AvgIpc) is 2.56. The molecule has 1 amide bonds. The summed E-state index contributed by atoms with van der Waals surface area (Å²) < 4.78 is 14.9. The quantitative estimate of drug-likeness (QED) is 0.711. The summed E-state index contributed by atoms with van der Waals surface area (Å²) in [6, 6.07) is 10.1. The van der Waals surface area contributed by atoms with Gasteiger partial charge < -0.3 is 10.6 Å². The predicted molar refractivity (Wildman–Crippen MR) is 95.5 cm³/mol. The SMILES string of the molecule is Cc1cc(NC(=O)CNc2ncnc3cccc(F)c23)ccc1Br. The Hall–Kier alpha value is -2.54. The van der Waals surface area contributed by atoms with Gasteiger partial charge in [0.15, 0.2) is 0 Å². The Labute approximate surface area is 146 Å². The van der Waals surface area contributed by atoms with Crippen LogP contribution in [0.1, 0.15) is 5.56 Å². The monoisotopic (exact) mass is 388 g/mol. The average molecular weight is 389 g/mol. The van der Waals surface area contributed by atoms with Crippen molar-refractivity contribution in [3.8, 4) is 0 Å². The van der Waals surface area contributed by atoms with Crippen molar-refractivity contribution in [3.63, 3.8) is 0 Å². The zero-order valence-electron chi connectivity index (χ0n) is 12.8. The molecule has 0 spiro atoms. The van der Waals surface area contributed by atoms with Crippen molar-refractivity contribution in [2.24, 2.45) is 0 Å². The van der Waals surface area contributed by atoms with Gasteiger partial charge in [0.05, 0.1) is 17.4 Å². The summed E-state index contributed by atoms with van der Waals surface area (Å²) in [6.45, 7) is 1.91. The van der Waals surface area contributed by atoms with Gasteiger partial charge in [0.25, 0.3) is 0 Å². The number of halogens is 2. The van der Waals surface area contributed by atoms with Crippen LogP contribution in [0, 0.1) is 12.7 Å². The molecule has 0 aliphatic rings.